The molecule has 2 aromatic rings. The summed E-state index contributed by atoms with van der Waals surface area (Å²) in [5.74, 6) is 1.43. The van der Waals surface area contributed by atoms with Crippen LogP contribution < -0.4 is 0 Å². The number of ether oxygens (including phenoxy) is 2. The molecular formula is C19H18N2O2. The molecule has 116 valence electrons. The van der Waals surface area contributed by atoms with Gasteiger partial charge >= 0.3 is 0 Å². The zero-order valence-electron chi connectivity index (χ0n) is 12.8. The molecule has 23 heavy (non-hydrogen) atoms. The summed E-state index contributed by atoms with van der Waals surface area (Å²) < 4.78 is 11.4. The molecule has 4 nitrogen and oxygen atoms in total. The Kier molecular flexibility index (Phi) is 3.80. The molecule has 0 saturated heterocycles. The first-order valence-corrected chi connectivity index (χ1v) is 7.87. The van der Waals surface area contributed by atoms with Gasteiger partial charge in [-0.2, -0.15) is 0 Å². The first-order valence-electron chi connectivity index (χ1n) is 7.87. The minimum absolute atomic E-state index is 0.0816. The van der Waals surface area contributed by atoms with Crippen LogP contribution in [0.15, 0.2) is 70.6 Å². The highest BCUT2D eigenvalue weighted by Crippen LogP contribution is 2.26. The molecule has 2 aliphatic heterocycles. The molecule has 0 spiro atoms. The van der Waals surface area contributed by atoms with Crippen molar-refractivity contribution in [2.45, 2.75) is 18.5 Å². The number of benzene rings is 2. The van der Waals surface area contributed by atoms with Gasteiger partial charge in [0.1, 0.15) is 25.3 Å². The summed E-state index contributed by atoms with van der Waals surface area (Å²) >= 11 is 0. The molecule has 2 heterocycles. The molecule has 0 aromatic heterocycles. The maximum Gasteiger partial charge on any atom is 0.193 e. The van der Waals surface area contributed by atoms with Gasteiger partial charge in [0.05, 0.1) is 6.42 Å². The molecule has 4 heteroatoms. The maximum absolute atomic E-state index is 5.71. The third-order valence-corrected chi connectivity index (χ3v) is 4.09. The number of aliphatic imine (C=N–C) groups is 2. The van der Waals surface area contributed by atoms with Gasteiger partial charge in [-0.25, -0.2) is 9.98 Å². The fourth-order valence-corrected chi connectivity index (χ4v) is 2.86. The molecule has 2 aromatic carbocycles. The van der Waals surface area contributed by atoms with E-state index in [4.69, 9.17) is 9.47 Å². The first kappa shape index (κ1) is 14.0. The fourth-order valence-electron chi connectivity index (χ4n) is 2.86. The first-order chi connectivity index (χ1) is 11.4. The van der Waals surface area contributed by atoms with E-state index >= 15 is 0 Å². The minimum atomic E-state index is 0.0816. The molecule has 0 amide bonds. The monoisotopic (exact) mass is 306 g/mol. The van der Waals surface area contributed by atoms with Crippen LogP contribution in [0.25, 0.3) is 0 Å². The lowest BCUT2D eigenvalue weighted by Crippen LogP contribution is -2.08. The standard InChI is InChI=1S/C19H18N2O2/c1-3-7-14(8-4-1)16-12-22-18(20-16)11-19-21-17(13-23-19)15-9-5-2-6-10-15/h1-10,16-17H,11-13H2/t16-,17?/m0/s1. The van der Waals surface area contributed by atoms with Crippen molar-refractivity contribution < 1.29 is 9.47 Å². The molecule has 0 fully saturated rings. The summed E-state index contributed by atoms with van der Waals surface area (Å²) in [7, 11) is 0. The Morgan fingerprint density at radius 2 is 1.13 bits per heavy atom. The molecule has 0 aliphatic carbocycles. The van der Waals surface area contributed by atoms with Crippen molar-refractivity contribution in [3.05, 3.63) is 71.8 Å². The van der Waals surface area contributed by atoms with E-state index in [2.05, 4.69) is 34.3 Å². The molecule has 0 bridgehead atoms. The highest BCUT2D eigenvalue weighted by atomic mass is 16.5. The lowest BCUT2D eigenvalue weighted by atomic mass is 10.1. The van der Waals surface area contributed by atoms with Crippen molar-refractivity contribution in [2.75, 3.05) is 13.2 Å². The molecule has 1 unspecified atom stereocenters. The van der Waals surface area contributed by atoms with E-state index in [0.29, 0.717) is 31.4 Å². The summed E-state index contributed by atoms with van der Waals surface area (Å²) in [6.45, 7) is 1.18. The van der Waals surface area contributed by atoms with Gasteiger partial charge < -0.3 is 9.47 Å². The van der Waals surface area contributed by atoms with Crippen molar-refractivity contribution in [1.82, 2.24) is 0 Å². The smallest absolute Gasteiger partial charge is 0.193 e. The van der Waals surface area contributed by atoms with Crippen LogP contribution >= 0.6 is 0 Å². The van der Waals surface area contributed by atoms with Crippen molar-refractivity contribution in [3.8, 4) is 0 Å². The van der Waals surface area contributed by atoms with E-state index in [9.17, 15) is 0 Å². The quantitative estimate of drug-likeness (QED) is 0.864. The van der Waals surface area contributed by atoms with Crippen molar-refractivity contribution in [3.63, 3.8) is 0 Å². The van der Waals surface area contributed by atoms with Crippen LogP contribution in [0.5, 0.6) is 0 Å². The average Bonchev–Trinajstić information content (AvgIpc) is 3.27. The Balaban J connectivity index is 1.43. The van der Waals surface area contributed by atoms with Gasteiger partial charge in [-0.05, 0) is 11.1 Å². The molecular weight excluding hydrogens is 288 g/mol. The van der Waals surface area contributed by atoms with E-state index in [1.165, 1.54) is 11.1 Å². The zero-order valence-corrected chi connectivity index (χ0v) is 12.8. The van der Waals surface area contributed by atoms with Crippen LogP contribution in [0.2, 0.25) is 0 Å². The number of hydrogen-bond donors (Lipinski definition) is 0. The number of hydrogen-bond acceptors (Lipinski definition) is 4. The maximum atomic E-state index is 5.71. The Hall–Kier alpha value is -2.62. The lowest BCUT2D eigenvalue weighted by molar-refractivity contribution is 0.300. The van der Waals surface area contributed by atoms with Gasteiger partial charge in [-0.15, -0.1) is 0 Å². The summed E-state index contributed by atoms with van der Waals surface area (Å²) in [5, 5.41) is 0. The van der Waals surface area contributed by atoms with E-state index < -0.39 is 0 Å². The molecule has 0 radical (unpaired) electrons. The Labute approximate surface area is 135 Å². The second-order valence-electron chi connectivity index (χ2n) is 5.70. The van der Waals surface area contributed by atoms with Gasteiger partial charge in [0.25, 0.3) is 0 Å². The van der Waals surface area contributed by atoms with Crippen LogP contribution in [-0.4, -0.2) is 25.0 Å². The largest absolute Gasteiger partial charge is 0.478 e. The fraction of sp³-hybridized carbons (Fsp3) is 0.263. The number of rotatable bonds is 4. The second-order valence-corrected chi connectivity index (χ2v) is 5.70. The van der Waals surface area contributed by atoms with Gasteiger partial charge in [0.15, 0.2) is 11.8 Å². The van der Waals surface area contributed by atoms with Gasteiger partial charge in [-0.3, -0.25) is 0 Å². The Morgan fingerprint density at radius 3 is 1.57 bits per heavy atom. The van der Waals surface area contributed by atoms with E-state index in [1.54, 1.807) is 0 Å². The number of nitrogens with zero attached hydrogens (tertiary/aromatic N) is 2. The summed E-state index contributed by atoms with van der Waals surface area (Å²) in [5.41, 5.74) is 2.36. The molecule has 0 N–H and O–H groups in total. The summed E-state index contributed by atoms with van der Waals surface area (Å²) in [6, 6.07) is 20.6. The van der Waals surface area contributed by atoms with Crippen LogP contribution in [-0.2, 0) is 9.47 Å². The minimum Gasteiger partial charge on any atom is -0.478 e. The van der Waals surface area contributed by atoms with Crippen molar-refractivity contribution in [1.29, 1.82) is 0 Å². The predicted molar refractivity (Wildman–Crippen MR) is 89.8 cm³/mol. The topological polar surface area (TPSA) is 43.2 Å². The average molecular weight is 306 g/mol. The third kappa shape index (κ3) is 3.11. The lowest BCUT2D eigenvalue weighted by Gasteiger charge is -2.03. The van der Waals surface area contributed by atoms with Crippen LogP contribution in [0.1, 0.15) is 29.6 Å². The predicted octanol–water partition coefficient (Wildman–Crippen LogP) is 3.72. The SMILES string of the molecule is c1ccc(C2COC(CC3=N[C@H](c4ccccc4)CO3)=N2)cc1. The van der Waals surface area contributed by atoms with Crippen LogP contribution in [0, 0.1) is 0 Å². The highest BCUT2D eigenvalue weighted by Gasteiger charge is 2.26. The van der Waals surface area contributed by atoms with Gasteiger partial charge in [0, 0.05) is 0 Å². The van der Waals surface area contributed by atoms with Gasteiger partial charge in [0.2, 0.25) is 0 Å². The van der Waals surface area contributed by atoms with Crippen LogP contribution in [0.4, 0.5) is 0 Å². The normalized spacial score (nSPS) is 23.0. The third-order valence-electron chi connectivity index (χ3n) is 4.09. The second kappa shape index (κ2) is 6.24. The summed E-state index contributed by atoms with van der Waals surface area (Å²) in [6.07, 6.45) is 0.534. The summed E-state index contributed by atoms with van der Waals surface area (Å²) in [4.78, 5) is 9.31. The van der Waals surface area contributed by atoms with E-state index in [1.807, 2.05) is 36.4 Å². The molecule has 0 saturated carbocycles. The molecule has 2 aliphatic rings. The Morgan fingerprint density at radius 1 is 0.696 bits per heavy atom. The molecule has 4 rings (SSSR count). The highest BCUT2D eigenvalue weighted by molar-refractivity contribution is 5.98. The van der Waals surface area contributed by atoms with Crippen molar-refractivity contribution in [2.24, 2.45) is 9.98 Å². The molecule has 2 atom stereocenters. The zero-order chi connectivity index (χ0) is 15.5. The van der Waals surface area contributed by atoms with Crippen LogP contribution in [0.3, 0.4) is 0 Å². The van der Waals surface area contributed by atoms with E-state index in [-0.39, 0.29) is 12.1 Å². The van der Waals surface area contributed by atoms with E-state index in [0.717, 1.165) is 0 Å². The Bertz CT molecular complexity index is 662. The van der Waals surface area contributed by atoms with Gasteiger partial charge in [-0.1, -0.05) is 60.7 Å². The van der Waals surface area contributed by atoms with Crippen molar-refractivity contribution >= 4 is 11.8 Å².